The van der Waals surface area contributed by atoms with Gasteiger partial charge < -0.3 is 9.84 Å². The Hall–Kier alpha value is -6.67. The number of ketones is 4. The zero-order valence-corrected chi connectivity index (χ0v) is 45.1. The van der Waals surface area contributed by atoms with Gasteiger partial charge in [-0.15, -0.1) is 0 Å². The van der Waals surface area contributed by atoms with Crippen LogP contribution in [0.5, 0.6) is 11.5 Å². The van der Waals surface area contributed by atoms with Crippen molar-refractivity contribution >= 4 is 51.9 Å². The summed E-state index contributed by atoms with van der Waals surface area (Å²) in [6.45, 7) is 29.9. The van der Waals surface area contributed by atoms with Crippen LogP contribution in [0.25, 0.3) is 5.57 Å². The lowest BCUT2D eigenvalue weighted by Gasteiger charge is -2.31. The second-order valence-corrected chi connectivity index (χ2v) is 22.5. The summed E-state index contributed by atoms with van der Waals surface area (Å²) in [7, 11) is 0. The average molecular weight is 977 g/mol. The molecule has 0 fully saturated rings. The van der Waals surface area contributed by atoms with Gasteiger partial charge in [-0.25, -0.2) is 0 Å². The molecule has 0 spiro atoms. The highest BCUT2D eigenvalue weighted by Crippen LogP contribution is 2.43. The van der Waals surface area contributed by atoms with Crippen LogP contribution < -0.4 is 4.74 Å². The second kappa shape index (κ2) is 24.9. The van der Waals surface area contributed by atoms with Crippen LogP contribution >= 0.6 is 12.2 Å². The first-order valence-corrected chi connectivity index (χ1v) is 24.2. The third-order valence-corrected chi connectivity index (χ3v) is 12.2. The molecule has 0 radical (unpaired) electrons. The highest BCUT2D eigenvalue weighted by atomic mass is 32.1. The number of benzene rings is 5. The van der Waals surface area contributed by atoms with E-state index in [4.69, 9.17) is 26.5 Å². The lowest BCUT2D eigenvalue weighted by molar-refractivity contribution is -0.191. The number of thiocarbonyl (C=S) groups is 1. The molecule has 1 atom stereocenters. The minimum atomic E-state index is -0.329. The highest BCUT2D eigenvalue weighted by molar-refractivity contribution is 7.80. The summed E-state index contributed by atoms with van der Waals surface area (Å²) >= 11 is 5.59. The van der Waals surface area contributed by atoms with Crippen molar-refractivity contribution in [2.24, 2.45) is 21.7 Å². The van der Waals surface area contributed by atoms with Gasteiger partial charge in [0.05, 0.1) is 6.42 Å². The van der Waals surface area contributed by atoms with Gasteiger partial charge in [0.2, 0.25) is 0 Å². The highest BCUT2D eigenvalue weighted by Gasteiger charge is 2.32. The number of fused-ring (bicyclic) bond motifs is 2. The molecular formula is C62H72O8S. The Morgan fingerprint density at radius 1 is 0.620 bits per heavy atom. The van der Waals surface area contributed by atoms with Crippen molar-refractivity contribution in [3.05, 3.63) is 183 Å². The van der Waals surface area contributed by atoms with E-state index >= 15 is 0 Å². The molecule has 8 nitrogen and oxygen atoms in total. The minimum absolute atomic E-state index is 0.00685. The lowest BCUT2D eigenvalue weighted by atomic mass is 9.83. The van der Waals surface area contributed by atoms with Crippen LogP contribution in [-0.2, 0) is 20.8 Å². The Bertz CT molecular complexity index is 2790. The molecule has 7 rings (SSSR count). The molecule has 2 aliphatic rings. The van der Waals surface area contributed by atoms with Gasteiger partial charge in [-0.1, -0.05) is 204 Å². The number of Topliss-reactive ketones (excluding diaryl/α,β-unsaturated/α-hetero) is 3. The SMILES string of the molecule is CC(C)(C)C(=S)Cc1ccc(C2=C3C=CC(=O)CC3Oc3cc(O)ccc32)cc1.Cc1ccc(C(=O)C(C)(C)C)cc1.Cc1cccc(C(=O)C(C)(C)C)c1.Cc1ccccc1C(=O)C(C)(C)C.O=C=O. The van der Waals surface area contributed by atoms with E-state index in [-0.39, 0.29) is 62.8 Å². The van der Waals surface area contributed by atoms with Crippen molar-refractivity contribution in [1.82, 2.24) is 0 Å². The van der Waals surface area contributed by atoms with E-state index in [1.807, 2.05) is 168 Å². The van der Waals surface area contributed by atoms with Gasteiger partial charge in [-0.05, 0) is 72.7 Å². The molecule has 0 amide bonds. The molecular weight excluding hydrogens is 905 g/mol. The number of rotatable bonds is 6. The van der Waals surface area contributed by atoms with Gasteiger partial charge >= 0.3 is 6.15 Å². The minimum Gasteiger partial charge on any atom is -0.508 e. The number of ether oxygens (including phenoxy) is 1. The maximum atomic E-state index is 11.9. The molecule has 5 aromatic carbocycles. The normalized spacial score (nSPS) is 13.8. The van der Waals surface area contributed by atoms with Crippen LogP contribution in [0.2, 0.25) is 0 Å². The van der Waals surface area contributed by atoms with Gasteiger partial charge in [-0.2, -0.15) is 9.59 Å². The Balaban J connectivity index is 0.000000267. The lowest BCUT2D eigenvalue weighted by Crippen LogP contribution is -2.29. The van der Waals surface area contributed by atoms with Crippen molar-refractivity contribution < 1.29 is 38.6 Å². The van der Waals surface area contributed by atoms with Crippen molar-refractivity contribution in [2.75, 3.05) is 0 Å². The summed E-state index contributed by atoms with van der Waals surface area (Å²) in [6, 6.07) is 36.8. The monoisotopic (exact) mass is 976 g/mol. The van der Waals surface area contributed by atoms with E-state index in [1.165, 1.54) is 11.1 Å². The summed E-state index contributed by atoms with van der Waals surface area (Å²) in [6.07, 6.45) is 4.49. The van der Waals surface area contributed by atoms with Crippen LogP contribution in [0, 0.1) is 42.4 Å². The first-order chi connectivity index (χ1) is 32.9. The number of phenols is 1. The molecule has 374 valence electrons. The first kappa shape index (κ1) is 58.6. The number of carbonyl (C=O) groups is 4. The van der Waals surface area contributed by atoms with E-state index in [1.54, 1.807) is 18.2 Å². The number of hydrogen-bond acceptors (Lipinski definition) is 9. The Kier molecular flexibility index (Phi) is 20.6. The van der Waals surface area contributed by atoms with Crippen LogP contribution in [-0.4, -0.2) is 45.4 Å². The number of hydrogen-bond donors (Lipinski definition) is 1. The third-order valence-electron chi connectivity index (χ3n) is 11.4. The molecule has 1 aliphatic carbocycles. The van der Waals surface area contributed by atoms with E-state index in [2.05, 4.69) is 45.0 Å². The molecule has 9 heteroatoms. The zero-order chi connectivity index (χ0) is 53.6. The fourth-order valence-corrected chi connectivity index (χ4v) is 7.44. The summed E-state index contributed by atoms with van der Waals surface area (Å²) in [4.78, 5) is 64.7. The maximum absolute atomic E-state index is 11.9. The standard InChI is InChI=1S/C25H24O3S.3C12H16O.CO2/c1-25(2,3)23(29)12-15-4-6-16(7-5-15)24-19-10-8-17(26)13-21(19)28-22-14-18(27)9-11-20(22)24;1-9-5-7-10(8-6-9)11(13)12(2,3)4;1-9-6-5-7-10(8-9)11(13)12(2,3)4;1-9-7-5-6-8-10(9)11(13)12(2,3)4;2-1-3/h4-11,13,22,26H,12,14H2,1-3H3;3*5-8H,1-4H3;. The van der Waals surface area contributed by atoms with Crippen molar-refractivity contribution in [3.63, 3.8) is 0 Å². The summed E-state index contributed by atoms with van der Waals surface area (Å²) in [5.74, 6) is 1.42. The van der Waals surface area contributed by atoms with Crippen LogP contribution in [0.15, 0.2) is 133 Å². The van der Waals surface area contributed by atoms with Crippen molar-refractivity contribution in [3.8, 4) is 11.5 Å². The molecule has 1 N–H and O–H groups in total. The molecule has 0 bridgehead atoms. The maximum Gasteiger partial charge on any atom is 0.373 e. The Morgan fingerprint density at radius 3 is 1.69 bits per heavy atom. The van der Waals surface area contributed by atoms with Crippen LogP contribution in [0.4, 0.5) is 0 Å². The number of carbonyl (C=O) groups excluding carboxylic acids is 6. The predicted molar refractivity (Wildman–Crippen MR) is 289 cm³/mol. The quantitative estimate of drug-likeness (QED) is 0.130. The van der Waals surface area contributed by atoms with E-state index in [0.717, 1.165) is 61.4 Å². The summed E-state index contributed by atoms with van der Waals surface area (Å²) < 4.78 is 6.05. The molecule has 1 aliphatic heterocycles. The number of allylic oxidation sites excluding steroid dienone is 1. The van der Waals surface area contributed by atoms with Crippen molar-refractivity contribution in [2.45, 2.75) is 123 Å². The smallest absolute Gasteiger partial charge is 0.373 e. The number of aromatic hydroxyl groups is 1. The van der Waals surface area contributed by atoms with Crippen LogP contribution in [0.1, 0.15) is 154 Å². The first-order valence-electron chi connectivity index (χ1n) is 23.8. The fourth-order valence-electron chi connectivity index (χ4n) is 7.27. The Labute approximate surface area is 427 Å². The molecule has 0 saturated heterocycles. The fraction of sp³-hybridized carbons (Fsp3) is 0.355. The van der Waals surface area contributed by atoms with Gasteiger partial charge in [0.15, 0.2) is 23.1 Å². The Morgan fingerprint density at radius 2 is 1.17 bits per heavy atom. The molecule has 71 heavy (non-hydrogen) atoms. The molecule has 1 unspecified atom stereocenters. The zero-order valence-electron chi connectivity index (χ0n) is 44.3. The van der Waals surface area contributed by atoms with Gasteiger partial charge in [0, 0.05) is 61.4 Å². The van der Waals surface area contributed by atoms with Gasteiger partial charge in [0.25, 0.3) is 0 Å². The number of aryl methyl sites for hydroxylation is 3. The predicted octanol–water partition coefficient (Wildman–Crippen LogP) is 14.5. The molecule has 1 heterocycles. The summed E-state index contributed by atoms with van der Waals surface area (Å²) in [5, 5.41) is 9.89. The topological polar surface area (TPSA) is 132 Å². The number of phenolic OH excluding ortho intramolecular Hbond substituents is 1. The van der Waals surface area contributed by atoms with Gasteiger partial charge in [-0.3, -0.25) is 19.2 Å². The molecule has 5 aromatic rings. The van der Waals surface area contributed by atoms with Crippen molar-refractivity contribution in [1.29, 1.82) is 0 Å². The third kappa shape index (κ3) is 17.6. The molecule has 0 aromatic heterocycles. The van der Waals surface area contributed by atoms with Crippen LogP contribution in [0.3, 0.4) is 0 Å². The summed E-state index contributed by atoms with van der Waals surface area (Å²) in [5.41, 5.74) is 10.2. The van der Waals surface area contributed by atoms with E-state index in [0.29, 0.717) is 12.2 Å². The second-order valence-electron chi connectivity index (χ2n) is 22.0. The van der Waals surface area contributed by atoms with E-state index < -0.39 is 0 Å². The van der Waals surface area contributed by atoms with E-state index in [9.17, 15) is 24.3 Å². The van der Waals surface area contributed by atoms with Gasteiger partial charge in [0.1, 0.15) is 17.6 Å². The molecule has 0 saturated carbocycles. The largest absolute Gasteiger partial charge is 0.508 e. The average Bonchev–Trinajstić information content (AvgIpc) is 3.28.